The smallest absolute Gasteiger partial charge is 0.271 e. The highest BCUT2D eigenvalue weighted by molar-refractivity contribution is 9.10. The zero-order valence-electron chi connectivity index (χ0n) is 7.80. The number of hydrogen-bond acceptors (Lipinski definition) is 3. The Kier molecular flexibility index (Phi) is 4.41. The molecule has 1 rings (SSSR count). The average molecular weight is 295 g/mol. The molecule has 1 aromatic rings. The molecule has 5 heteroatoms. The number of nitrogens with zero attached hydrogens (tertiary/aromatic N) is 1. The van der Waals surface area contributed by atoms with Crippen molar-refractivity contribution in [3.63, 3.8) is 0 Å². The van der Waals surface area contributed by atoms with Crippen LogP contribution in [-0.2, 0) is 0 Å². The predicted octanol–water partition coefficient (Wildman–Crippen LogP) is 3.64. The molecule has 0 amide bonds. The van der Waals surface area contributed by atoms with E-state index in [0.717, 1.165) is 20.8 Å². The zero-order chi connectivity index (χ0) is 10.7. The Hall–Kier alpha value is -0.0600. The molecule has 2 nitrogen and oxygen atoms in total. The van der Waals surface area contributed by atoms with Crippen LogP contribution < -0.4 is 0 Å². The van der Waals surface area contributed by atoms with Crippen molar-refractivity contribution in [2.75, 3.05) is 5.75 Å². The van der Waals surface area contributed by atoms with Crippen molar-refractivity contribution in [2.24, 2.45) is 0 Å². The summed E-state index contributed by atoms with van der Waals surface area (Å²) in [6, 6.07) is 1.88. The molecular weight excluding hydrogens is 286 g/mol. The van der Waals surface area contributed by atoms with Gasteiger partial charge in [-0.05, 0) is 46.3 Å². The van der Waals surface area contributed by atoms with Crippen molar-refractivity contribution in [2.45, 2.75) is 18.7 Å². The Labute approximate surface area is 101 Å². The van der Waals surface area contributed by atoms with Gasteiger partial charge < -0.3 is 0 Å². The van der Waals surface area contributed by atoms with E-state index in [1.54, 1.807) is 11.8 Å². The maximum Gasteiger partial charge on any atom is 0.271 e. The van der Waals surface area contributed by atoms with Gasteiger partial charge in [0.1, 0.15) is 5.69 Å². The lowest BCUT2D eigenvalue weighted by atomic mass is 10.3. The predicted molar refractivity (Wildman–Crippen MR) is 63.3 cm³/mol. The number of pyridine rings is 1. The number of thioether (sulfide) groups is 1. The van der Waals surface area contributed by atoms with E-state index in [-0.39, 0.29) is 0 Å². The number of halogens is 2. The fourth-order valence-electron chi connectivity index (χ4n) is 0.970. The van der Waals surface area contributed by atoms with Gasteiger partial charge in [-0.2, -0.15) is 0 Å². The lowest BCUT2D eigenvalue weighted by Crippen LogP contribution is -2.00. The fourth-order valence-corrected chi connectivity index (χ4v) is 2.43. The first-order valence-electron chi connectivity index (χ1n) is 4.06. The summed E-state index contributed by atoms with van der Waals surface area (Å²) in [4.78, 5) is 16.0. The molecule has 0 atom stereocenters. The van der Waals surface area contributed by atoms with E-state index in [4.69, 9.17) is 11.6 Å². The molecule has 0 aliphatic heterocycles. The van der Waals surface area contributed by atoms with Gasteiger partial charge in [-0.3, -0.25) is 4.79 Å². The number of aryl methyl sites for hydroxylation is 1. The van der Waals surface area contributed by atoms with Crippen LogP contribution in [0.2, 0.25) is 0 Å². The Morgan fingerprint density at radius 2 is 2.36 bits per heavy atom. The third-order valence-corrected chi connectivity index (χ3v) is 3.49. The molecule has 0 fully saturated rings. The van der Waals surface area contributed by atoms with Crippen LogP contribution in [0.4, 0.5) is 0 Å². The van der Waals surface area contributed by atoms with Gasteiger partial charge in [0.15, 0.2) is 0 Å². The summed E-state index contributed by atoms with van der Waals surface area (Å²) in [6.45, 7) is 3.84. The van der Waals surface area contributed by atoms with E-state index in [1.165, 1.54) is 0 Å². The SMILES string of the molecule is CCSc1cc(Br)c(C)nc1C(=O)Cl. The summed E-state index contributed by atoms with van der Waals surface area (Å²) in [7, 11) is 0. The van der Waals surface area contributed by atoms with Gasteiger partial charge >= 0.3 is 0 Å². The minimum Gasteiger partial charge on any atom is -0.274 e. The molecule has 0 saturated heterocycles. The van der Waals surface area contributed by atoms with Crippen LogP contribution in [0.5, 0.6) is 0 Å². The molecule has 0 spiro atoms. The summed E-state index contributed by atoms with van der Waals surface area (Å²) in [6.07, 6.45) is 0. The average Bonchev–Trinajstić information content (AvgIpc) is 2.11. The molecule has 0 unspecified atom stereocenters. The molecule has 14 heavy (non-hydrogen) atoms. The Bertz CT molecular complexity index is 370. The van der Waals surface area contributed by atoms with Crippen LogP contribution in [-0.4, -0.2) is 16.0 Å². The molecule has 0 aliphatic carbocycles. The highest BCUT2D eigenvalue weighted by Gasteiger charge is 2.13. The molecule has 0 N–H and O–H groups in total. The summed E-state index contributed by atoms with van der Waals surface area (Å²) >= 11 is 10.4. The monoisotopic (exact) mass is 293 g/mol. The van der Waals surface area contributed by atoms with Gasteiger partial charge in [-0.25, -0.2) is 4.98 Å². The molecule has 76 valence electrons. The lowest BCUT2D eigenvalue weighted by molar-refractivity contribution is 0.107. The summed E-state index contributed by atoms with van der Waals surface area (Å²) < 4.78 is 0.898. The van der Waals surface area contributed by atoms with E-state index in [0.29, 0.717) is 5.69 Å². The number of hydrogen-bond donors (Lipinski definition) is 0. The molecule has 1 aromatic heterocycles. The van der Waals surface area contributed by atoms with Crippen LogP contribution in [0.3, 0.4) is 0 Å². The van der Waals surface area contributed by atoms with Crippen LogP contribution in [0.15, 0.2) is 15.4 Å². The molecule has 0 bridgehead atoms. The third kappa shape index (κ3) is 2.72. The van der Waals surface area contributed by atoms with Crippen LogP contribution >= 0.6 is 39.3 Å². The van der Waals surface area contributed by atoms with Gasteiger partial charge in [0, 0.05) is 9.37 Å². The largest absolute Gasteiger partial charge is 0.274 e. The van der Waals surface area contributed by atoms with Gasteiger partial charge in [0.05, 0.1) is 5.69 Å². The minimum absolute atomic E-state index is 0.346. The Morgan fingerprint density at radius 1 is 1.71 bits per heavy atom. The molecule has 1 heterocycles. The van der Waals surface area contributed by atoms with E-state index >= 15 is 0 Å². The fraction of sp³-hybridized carbons (Fsp3) is 0.333. The van der Waals surface area contributed by atoms with Crippen molar-refractivity contribution in [3.8, 4) is 0 Å². The molecule has 0 radical (unpaired) electrons. The van der Waals surface area contributed by atoms with E-state index in [9.17, 15) is 4.79 Å². The maximum absolute atomic E-state index is 11.1. The Balaban J connectivity index is 3.24. The standard InChI is InChI=1S/C9H9BrClNOS/c1-3-14-7-4-6(10)5(2)12-8(7)9(11)13/h4H,3H2,1-2H3. The van der Waals surface area contributed by atoms with Crippen molar-refractivity contribution in [3.05, 3.63) is 21.9 Å². The number of rotatable bonds is 3. The normalized spacial score (nSPS) is 10.3. The first-order valence-corrected chi connectivity index (χ1v) is 6.21. The van der Waals surface area contributed by atoms with E-state index in [2.05, 4.69) is 20.9 Å². The second kappa shape index (κ2) is 5.14. The Morgan fingerprint density at radius 3 is 2.86 bits per heavy atom. The highest BCUT2D eigenvalue weighted by Crippen LogP contribution is 2.27. The van der Waals surface area contributed by atoms with Crippen molar-refractivity contribution in [1.82, 2.24) is 4.98 Å². The van der Waals surface area contributed by atoms with Gasteiger partial charge in [0.25, 0.3) is 5.24 Å². The van der Waals surface area contributed by atoms with Crippen LogP contribution in [0, 0.1) is 6.92 Å². The number of carbonyl (C=O) groups is 1. The first kappa shape index (κ1) is 12.0. The minimum atomic E-state index is -0.503. The van der Waals surface area contributed by atoms with Gasteiger partial charge in [0.2, 0.25) is 0 Å². The summed E-state index contributed by atoms with van der Waals surface area (Å²) in [5.74, 6) is 0.883. The maximum atomic E-state index is 11.1. The first-order chi connectivity index (χ1) is 6.56. The highest BCUT2D eigenvalue weighted by atomic mass is 79.9. The third-order valence-electron chi connectivity index (χ3n) is 1.60. The van der Waals surface area contributed by atoms with Gasteiger partial charge in [-0.1, -0.05) is 6.92 Å². The lowest BCUT2D eigenvalue weighted by Gasteiger charge is -2.06. The van der Waals surface area contributed by atoms with Crippen molar-refractivity contribution in [1.29, 1.82) is 0 Å². The van der Waals surface area contributed by atoms with Crippen LogP contribution in [0.1, 0.15) is 23.1 Å². The van der Waals surface area contributed by atoms with Crippen molar-refractivity contribution >= 4 is 44.5 Å². The summed E-state index contributed by atoms with van der Waals surface area (Å²) in [5.41, 5.74) is 1.12. The number of aromatic nitrogens is 1. The van der Waals surface area contributed by atoms with E-state index in [1.807, 2.05) is 19.9 Å². The summed E-state index contributed by atoms with van der Waals surface area (Å²) in [5, 5.41) is -0.503. The van der Waals surface area contributed by atoms with Crippen molar-refractivity contribution < 1.29 is 4.79 Å². The van der Waals surface area contributed by atoms with E-state index < -0.39 is 5.24 Å². The zero-order valence-corrected chi connectivity index (χ0v) is 11.0. The molecule has 0 aliphatic rings. The molecule has 0 saturated carbocycles. The topological polar surface area (TPSA) is 30.0 Å². The molecular formula is C9H9BrClNOS. The second-order valence-corrected chi connectivity index (χ2v) is 5.11. The van der Waals surface area contributed by atoms with Crippen LogP contribution in [0.25, 0.3) is 0 Å². The second-order valence-electron chi connectivity index (χ2n) is 2.61. The molecule has 0 aromatic carbocycles. The number of carbonyl (C=O) groups excluding carboxylic acids is 1. The quantitative estimate of drug-likeness (QED) is 0.630. The van der Waals surface area contributed by atoms with Gasteiger partial charge in [-0.15, -0.1) is 11.8 Å².